The Kier molecular flexibility index (Phi) is 3.44. The van der Waals surface area contributed by atoms with Crippen LogP contribution in [0.2, 0.25) is 0 Å². The first-order valence-corrected chi connectivity index (χ1v) is 6.87. The highest BCUT2D eigenvalue weighted by molar-refractivity contribution is 6.04. The van der Waals surface area contributed by atoms with Crippen LogP contribution in [0.15, 0.2) is 18.2 Å². The number of fused-ring (bicyclic) bond motifs is 1. The fourth-order valence-corrected chi connectivity index (χ4v) is 2.60. The highest BCUT2D eigenvalue weighted by atomic mass is 16.5. The molecule has 1 aromatic rings. The number of ketones is 1. The minimum atomic E-state index is -0.400. The van der Waals surface area contributed by atoms with Gasteiger partial charge in [0.1, 0.15) is 18.5 Å². The molecule has 1 fully saturated rings. The van der Waals surface area contributed by atoms with Crippen molar-refractivity contribution in [2.24, 2.45) is 5.92 Å². The maximum Gasteiger partial charge on any atom is 0.255 e. The van der Waals surface area contributed by atoms with Gasteiger partial charge < -0.3 is 14.8 Å². The number of hydrogen-bond donors (Lipinski definition) is 1. The van der Waals surface area contributed by atoms with Crippen molar-refractivity contribution < 1.29 is 19.1 Å². The average Bonchev–Trinajstić information content (AvgIpc) is 2.79. The normalized spacial score (nSPS) is 25.4. The van der Waals surface area contributed by atoms with Crippen LogP contribution in [0.3, 0.4) is 0 Å². The number of rotatable bonds is 2. The molecule has 2 unspecified atom stereocenters. The van der Waals surface area contributed by atoms with Crippen molar-refractivity contribution in [2.45, 2.75) is 19.4 Å². The van der Waals surface area contributed by atoms with Gasteiger partial charge in [0.25, 0.3) is 5.91 Å². The Hall–Kier alpha value is -1.88. The summed E-state index contributed by atoms with van der Waals surface area (Å²) in [6.07, 6.45) is 0.494. The molecule has 0 spiro atoms. The van der Waals surface area contributed by atoms with Gasteiger partial charge in [-0.3, -0.25) is 9.59 Å². The van der Waals surface area contributed by atoms with Gasteiger partial charge in [-0.25, -0.2) is 0 Å². The summed E-state index contributed by atoms with van der Waals surface area (Å²) in [6.45, 7) is 3.54. The Bertz CT molecular complexity index is 555. The molecule has 0 saturated carbocycles. The number of Topliss-reactive ketones (excluding diaryl/α,β-unsaturated/α-hetero) is 1. The molecule has 1 N–H and O–H groups in total. The fourth-order valence-electron chi connectivity index (χ4n) is 2.60. The lowest BCUT2D eigenvalue weighted by Gasteiger charge is -2.14. The van der Waals surface area contributed by atoms with Gasteiger partial charge in [-0.1, -0.05) is 6.92 Å². The van der Waals surface area contributed by atoms with E-state index < -0.39 is 6.10 Å². The lowest BCUT2D eigenvalue weighted by molar-refractivity contribution is 0.0579. The van der Waals surface area contributed by atoms with E-state index in [1.54, 1.807) is 18.2 Å². The summed E-state index contributed by atoms with van der Waals surface area (Å²) in [4.78, 5) is 24.4. The molecular weight excluding hydrogens is 258 g/mol. The van der Waals surface area contributed by atoms with Gasteiger partial charge in [0.2, 0.25) is 0 Å². The van der Waals surface area contributed by atoms with E-state index in [2.05, 4.69) is 5.32 Å². The Morgan fingerprint density at radius 1 is 1.35 bits per heavy atom. The zero-order valence-electron chi connectivity index (χ0n) is 11.3. The largest absolute Gasteiger partial charge is 0.491 e. The summed E-state index contributed by atoms with van der Waals surface area (Å²) in [5, 5.41) is 2.74. The molecule has 2 aliphatic rings. The third kappa shape index (κ3) is 2.29. The molecule has 106 valence electrons. The molecule has 3 rings (SSSR count). The molecule has 1 saturated heterocycles. The van der Waals surface area contributed by atoms with Crippen molar-refractivity contribution in [1.82, 2.24) is 5.32 Å². The first-order chi connectivity index (χ1) is 9.66. The number of carbonyl (C=O) groups is 2. The molecule has 1 amide bonds. The van der Waals surface area contributed by atoms with Gasteiger partial charge >= 0.3 is 0 Å². The second-order valence-electron chi connectivity index (χ2n) is 5.24. The van der Waals surface area contributed by atoms with E-state index in [1.807, 2.05) is 6.92 Å². The van der Waals surface area contributed by atoms with Crippen LogP contribution in [-0.4, -0.2) is 37.6 Å². The minimum absolute atomic E-state index is 0.0603. The molecular formula is C15H17NO4. The summed E-state index contributed by atoms with van der Waals surface area (Å²) in [7, 11) is 0. The third-order valence-electron chi connectivity index (χ3n) is 3.80. The lowest BCUT2D eigenvalue weighted by atomic mass is 9.95. The zero-order valence-corrected chi connectivity index (χ0v) is 11.3. The molecule has 20 heavy (non-hydrogen) atoms. The van der Waals surface area contributed by atoms with Gasteiger partial charge in [0.15, 0.2) is 5.78 Å². The molecule has 0 aromatic heterocycles. The van der Waals surface area contributed by atoms with Gasteiger partial charge in [-0.2, -0.15) is 0 Å². The van der Waals surface area contributed by atoms with Crippen molar-refractivity contribution in [3.8, 4) is 5.75 Å². The highest BCUT2D eigenvalue weighted by Gasteiger charge is 2.32. The van der Waals surface area contributed by atoms with Crippen LogP contribution < -0.4 is 10.1 Å². The average molecular weight is 275 g/mol. The van der Waals surface area contributed by atoms with Crippen molar-refractivity contribution in [3.63, 3.8) is 0 Å². The van der Waals surface area contributed by atoms with Crippen molar-refractivity contribution in [2.75, 3.05) is 19.8 Å². The van der Waals surface area contributed by atoms with Crippen molar-refractivity contribution in [3.05, 3.63) is 29.3 Å². The maximum atomic E-state index is 12.4. The zero-order chi connectivity index (χ0) is 14.1. The molecule has 2 heterocycles. The standard InChI is InChI=1S/C15H17NO4/c1-9-4-6-20-14(9)13(17)10-2-3-12-11(8-10)15(18)16-5-7-19-12/h2-3,8-9,14H,4-7H2,1H3,(H,16,18). The van der Waals surface area contributed by atoms with Crippen LogP contribution in [0.25, 0.3) is 0 Å². The number of benzene rings is 1. The van der Waals surface area contributed by atoms with Gasteiger partial charge in [-0.05, 0) is 30.5 Å². The second kappa shape index (κ2) is 5.25. The molecule has 5 nitrogen and oxygen atoms in total. The molecule has 0 bridgehead atoms. The topological polar surface area (TPSA) is 64.6 Å². The predicted octanol–water partition coefficient (Wildman–Crippen LogP) is 1.42. The van der Waals surface area contributed by atoms with E-state index in [-0.39, 0.29) is 17.6 Å². The SMILES string of the molecule is CC1CCOC1C(=O)c1ccc2c(c1)C(=O)NCCO2. The van der Waals surface area contributed by atoms with Crippen LogP contribution in [0.4, 0.5) is 0 Å². The van der Waals surface area contributed by atoms with Crippen LogP contribution in [0.5, 0.6) is 5.75 Å². The van der Waals surface area contributed by atoms with Gasteiger partial charge in [0.05, 0.1) is 12.1 Å². The quantitative estimate of drug-likeness (QED) is 0.829. The van der Waals surface area contributed by atoms with Crippen molar-refractivity contribution >= 4 is 11.7 Å². The first-order valence-electron chi connectivity index (χ1n) is 6.87. The Morgan fingerprint density at radius 2 is 2.20 bits per heavy atom. The van der Waals surface area contributed by atoms with Crippen LogP contribution in [0, 0.1) is 5.92 Å². The number of ether oxygens (including phenoxy) is 2. The monoisotopic (exact) mass is 275 g/mol. The summed E-state index contributed by atoms with van der Waals surface area (Å²) in [6, 6.07) is 4.99. The number of hydrogen-bond acceptors (Lipinski definition) is 4. The minimum Gasteiger partial charge on any atom is -0.491 e. The Balaban J connectivity index is 1.91. The number of carbonyl (C=O) groups excluding carboxylic acids is 2. The predicted molar refractivity (Wildman–Crippen MR) is 72.1 cm³/mol. The van der Waals surface area contributed by atoms with E-state index in [0.717, 1.165) is 6.42 Å². The number of amides is 1. The van der Waals surface area contributed by atoms with Crippen molar-refractivity contribution in [1.29, 1.82) is 0 Å². The van der Waals surface area contributed by atoms with E-state index in [4.69, 9.17) is 9.47 Å². The Morgan fingerprint density at radius 3 is 2.95 bits per heavy atom. The van der Waals surface area contributed by atoms with Crippen LogP contribution in [0.1, 0.15) is 34.1 Å². The molecule has 1 aromatic carbocycles. The van der Waals surface area contributed by atoms with Crippen LogP contribution >= 0.6 is 0 Å². The van der Waals surface area contributed by atoms with E-state index >= 15 is 0 Å². The van der Waals surface area contributed by atoms with Gasteiger partial charge in [0, 0.05) is 12.2 Å². The van der Waals surface area contributed by atoms with E-state index in [9.17, 15) is 9.59 Å². The van der Waals surface area contributed by atoms with E-state index in [1.165, 1.54) is 0 Å². The Labute approximate surface area is 117 Å². The first kappa shape index (κ1) is 13.1. The van der Waals surface area contributed by atoms with Gasteiger partial charge in [-0.15, -0.1) is 0 Å². The summed E-state index contributed by atoms with van der Waals surface area (Å²) in [5.74, 6) is 0.478. The molecule has 2 aliphatic heterocycles. The highest BCUT2D eigenvalue weighted by Crippen LogP contribution is 2.27. The number of nitrogens with one attached hydrogen (secondary N) is 1. The maximum absolute atomic E-state index is 12.4. The smallest absolute Gasteiger partial charge is 0.255 e. The molecule has 5 heteroatoms. The summed E-state index contributed by atoms with van der Waals surface area (Å²) in [5.41, 5.74) is 0.919. The fraction of sp³-hybridized carbons (Fsp3) is 0.467. The van der Waals surface area contributed by atoms with E-state index in [0.29, 0.717) is 36.6 Å². The van der Waals surface area contributed by atoms with Crippen LogP contribution in [-0.2, 0) is 4.74 Å². The summed E-state index contributed by atoms with van der Waals surface area (Å²) < 4.78 is 11.0. The molecule has 0 aliphatic carbocycles. The second-order valence-corrected chi connectivity index (χ2v) is 5.24. The molecule has 2 atom stereocenters. The lowest BCUT2D eigenvalue weighted by Crippen LogP contribution is -2.26. The summed E-state index contributed by atoms with van der Waals surface area (Å²) >= 11 is 0. The third-order valence-corrected chi connectivity index (χ3v) is 3.80. The molecule has 0 radical (unpaired) electrons.